The minimum atomic E-state index is -0.774. The molecule has 0 N–H and O–H groups in total. The van der Waals surface area contributed by atoms with E-state index in [0.717, 1.165) is 0 Å². The molecule has 1 aliphatic heterocycles. The number of fused-ring (bicyclic) bond motifs is 1. The molecule has 0 amide bonds. The van der Waals surface area contributed by atoms with Crippen molar-refractivity contribution in [3.05, 3.63) is 23.8 Å². The lowest BCUT2D eigenvalue weighted by atomic mass is 10.2. The number of esters is 1. The van der Waals surface area contributed by atoms with Gasteiger partial charge in [0, 0.05) is 5.56 Å². The second-order valence-electron chi connectivity index (χ2n) is 3.49. The maximum atomic E-state index is 11.5. The predicted octanol–water partition coefficient (Wildman–Crippen LogP) is 1.20. The molecular formula is C12H12O5. The van der Waals surface area contributed by atoms with Gasteiger partial charge < -0.3 is 14.2 Å². The lowest BCUT2D eigenvalue weighted by molar-refractivity contribution is -0.153. The topological polar surface area (TPSA) is 61.8 Å². The third kappa shape index (κ3) is 2.38. The summed E-state index contributed by atoms with van der Waals surface area (Å²) in [6.07, 6.45) is -0.0678. The van der Waals surface area contributed by atoms with E-state index in [0.29, 0.717) is 30.0 Å². The average molecular weight is 236 g/mol. The van der Waals surface area contributed by atoms with Gasteiger partial charge >= 0.3 is 5.97 Å². The van der Waals surface area contributed by atoms with Crippen molar-refractivity contribution in [3.63, 3.8) is 0 Å². The predicted molar refractivity (Wildman–Crippen MR) is 58.4 cm³/mol. The van der Waals surface area contributed by atoms with Gasteiger partial charge in [-0.2, -0.15) is 0 Å². The summed E-state index contributed by atoms with van der Waals surface area (Å²) in [5.41, 5.74) is 0.469. The molecule has 0 radical (unpaired) electrons. The van der Waals surface area contributed by atoms with Crippen LogP contribution in [0.25, 0.3) is 0 Å². The van der Waals surface area contributed by atoms with E-state index >= 15 is 0 Å². The molecule has 1 heterocycles. The molecule has 2 rings (SSSR count). The molecular weight excluding hydrogens is 224 g/mol. The molecule has 5 heteroatoms. The Labute approximate surface area is 98.3 Å². The highest BCUT2D eigenvalue weighted by molar-refractivity contribution is 5.78. The second kappa shape index (κ2) is 4.86. The van der Waals surface area contributed by atoms with E-state index in [-0.39, 0.29) is 6.61 Å². The Kier molecular flexibility index (Phi) is 3.27. The molecule has 1 aromatic carbocycles. The second-order valence-corrected chi connectivity index (χ2v) is 3.49. The highest BCUT2D eigenvalue weighted by Gasteiger charge is 2.28. The zero-order valence-electron chi connectivity index (χ0n) is 9.34. The van der Waals surface area contributed by atoms with E-state index in [2.05, 4.69) is 0 Å². The van der Waals surface area contributed by atoms with Gasteiger partial charge in [0.2, 0.25) is 6.10 Å². The molecule has 1 unspecified atom stereocenters. The Morgan fingerprint density at radius 3 is 3.06 bits per heavy atom. The first-order chi connectivity index (χ1) is 8.24. The van der Waals surface area contributed by atoms with Gasteiger partial charge in [-0.25, -0.2) is 4.79 Å². The van der Waals surface area contributed by atoms with E-state index < -0.39 is 12.1 Å². The number of hydrogen-bond donors (Lipinski definition) is 0. The monoisotopic (exact) mass is 236 g/mol. The van der Waals surface area contributed by atoms with Crippen LogP contribution in [-0.2, 0) is 9.53 Å². The van der Waals surface area contributed by atoms with Crippen LogP contribution in [-0.4, -0.2) is 31.6 Å². The van der Waals surface area contributed by atoms with Gasteiger partial charge in [-0.3, -0.25) is 4.79 Å². The molecule has 1 aromatic rings. The Hall–Kier alpha value is -2.04. The van der Waals surface area contributed by atoms with Gasteiger partial charge in [-0.1, -0.05) is 0 Å². The number of ether oxygens (including phenoxy) is 3. The van der Waals surface area contributed by atoms with Crippen molar-refractivity contribution < 1.29 is 23.8 Å². The van der Waals surface area contributed by atoms with Crippen LogP contribution in [0, 0.1) is 0 Å². The van der Waals surface area contributed by atoms with Gasteiger partial charge in [-0.15, -0.1) is 0 Å². The number of aldehydes is 1. The Morgan fingerprint density at radius 1 is 1.53 bits per heavy atom. The first-order valence-corrected chi connectivity index (χ1v) is 5.30. The van der Waals surface area contributed by atoms with E-state index in [1.807, 2.05) is 0 Å². The molecule has 5 nitrogen and oxygen atoms in total. The summed E-state index contributed by atoms with van der Waals surface area (Å²) in [5, 5.41) is 0. The molecule has 1 atom stereocenters. The van der Waals surface area contributed by atoms with Crippen molar-refractivity contribution in [1.82, 2.24) is 0 Å². The van der Waals surface area contributed by atoms with E-state index in [1.54, 1.807) is 19.1 Å². The molecule has 0 aromatic heterocycles. The van der Waals surface area contributed by atoms with Crippen molar-refractivity contribution in [2.75, 3.05) is 13.2 Å². The number of benzene rings is 1. The molecule has 0 bridgehead atoms. The summed E-state index contributed by atoms with van der Waals surface area (Å²) in [6, 6.07) is 4.80. The number of carbonyl (C=O) groups excluding carboxylic acids is 2. The average Bonchev–Trinajstić information content (AvgIpc) is 2.37. The van der Waals surface area contributed by atoms with Crippen LogP contribution >= 0.6 is 0 Å². The quantitative estimate of drug-likeness (QED) is 0.583. The molecule has 1 aliphatic rings. The largest absolute Gasteiger partial charge is 0.485 e. The maximum absolute atomic E-state index is 11.5. The zero-order chi connectivity index (χ0) is 12.3. The highest BCUT2D eigenvalue weighted by Crippen LogP contribution is 2.32. The third-order valence-electron chi connectivity index (χ3n) is 2.31. The van der Waals surface area contributed by atoms with Crippen molar-refractivity contribution in [2.45, 2.75) is 13.0 Å². The third-order valence-corrected chi connectivity index (χ3v) is 2.31. The Morgan fingerprint density at radius 2 is 2.35 bits per heavy atom. The molecule has 0 aliphatic carbocycles. The molecule has 90 valence electrons. The van der Waals surface area contributed by atoms with Gasteiger partial charge in [0.1, 0.15) is 12.9 Å². The highest BCUT2D eigenvalue weighted by atomic mass is 16.6. The standard InChI is InChI=1S/C12H12O5/c1-2-15-12(14)11-7-16-9-4-3-8(6-13)5-10(9)17-11/h3-6,11H,2,7H2,1H3. The zero-order valence-corrected chi connectivity index (χ0v) is 9.34. The van der Waals surface area contributed by atoms with Crippen molar-refractivity contribution in [2.24, 2.45) is 0 Å². The van der Waals surface area contributed by atoms with Gasteiger partial charge in [0.05, 0.1) is 6.61 Å². The van der Waals surface area contributed by atoms with Gasteiger partial charge in [-0.05, 0) is 25.1 Å². The molecule has 0 spiro atoms. The van der Waals surface area contributed by atoms with Crippen molar-refractivity contribution >= 4 is 12.3 Å². The van der Waals surface area contributed by atoms with Crippen LogP contribution in [0.1, 0.15) is 17.3 Å². The smallest absolute Gasteiger partial charge is 0.350 e. The van der Waals surface area contributed by atoms with Crippen molar-refractivity contribution in [1.29, 1.82) is 0 Å². The van der Waals surface area contributed by atoms with Gasteiger partial charge in [0.15, 0.2) is 11.5 Å². The maximum Gasteiger partial charge on any atom is 0.350 e. The van der Waals surface area contributed by atoms with E-state index in [1.165, 1.54) is 6.07 Å². The Bertz CT molecular complexity index is 441. The van der Waals surface area contributed by atoms with Crippen LogP contribution in [0.15, 0.2) is 18.2 Å². The van der Waals surface area contributed by atoms with Crippen LogP contribution in [0.3, 0.4) is 0 Å². The number of carbonyl (C=O) groups is 2. The first kappa shape index (κ1) is 11.4. The van der Waals surface area contributed by atoms with Crippen LogP contribution < -0.4 is 9.47 Å². The summed E-state index contributed by atoms with van der Waals surface area (Å²) >= 11 is 0. The fourth-order valence-electron chi connectivity index (χ4n) is 1.51. The van der Waals surface area contributed by atoms with Gasteiger partial charge in [0.25, 0.3) is 0 Å². The van der Waals surface area contributed by atoms with Crippen LogP contribution in [0.4, 0.5) is 0 Å². The molecule has 0 saturated heterocycles. The normalized spacial score (nSPS) is 17.4. The SMILES string of the molecule is CCOC(=O)C1COc2ccc(C=O)cc2O1. The molecule has 17 heavy (non-hydrogen) atoms. The lowest BCUT2D eigenvalue weighted by Crippen LogP contribution is -2.37. The summed E-state index contributed by atoms with van der Waals surface area (Å²) in [4.78, 5) is 22.1. The van der Waals surface area contributed by atoms with E-state index in [4.69, 9.17) is 14.2 Å². The van der Waals surface area contributed by atoms with Crippen LogP contribution in [0.5, 0.6) is 11.5 Å². The summed E-state index contributed by atoms with van der Waals surface area (Å²) in [6.45, 7) is 2.13. The Balaban J connectivity index is 2.16. The summed E-state index contributed by atoms with van der Waals surface area (Å²) < 4.78 is 15.6. The number of hydrogen-bond acceptors (Lipinski definition) is 5. The number of rotatable bonds is 3. The van der Waals surface area contributed by atoms with Crippen LogP contribution in [0.2, 0.25) is 0 Å². The van der Waals surface area contributed by atoms with Crippen molar-refractivity contribution in [3.8, 4) is 11.5 Å². The lowest BCUT2D eigenvalue weighted by Gasteiger charge is -2.25. The van der Waals surface area contributed by atoms with E-state index in [9.17, 15) is 9.59 Å². The minimum absolute atomic E-state index is 0.117. The summed E-state index contributed by atoms with van der Waals surface area (Å²) in [7, 11) is 0. The molecule has 0 fully saturated rings. The fourth-order valence-corrected chi connectivity index (χ4v) is 1.51. The summed E-state index contributed by atoms with van der Waals surface area (Å²) in [5.74, 6) is 0.449. The minimum Gasteiger partial charge on any atom is -0.485 e. The first-order valence-electron chi connectivity index (χ1n) is 5.30. The molecule has 0 saturated carbocycles. The fraction of sp³-hybridized carbons (Fsp3) is 0.333.